The van der Waals surface area contributed by atoms with Crippen molar-refractivity contribution in [3.05, 3.63) is 0 Å². The first kappa shape index (κ1) is 13.0. The molecule has 5 nitrogen and oxygen atoms in total. The van der Waals surface area contributed by atoms with E-state index in [2.05, 4.69) is 5.32 Å². The Hall–Kier alpha value is -1.10. The number of carboxylic acids is 2. The van der Waals surface area contributed by atoms with Crippen molar-refractivity contribution in [2.45, 2.75) is 32.1 Å². The molecule has 92 valence electrons. The number of carboxylic acid groups (broad SMARTS) is 2. The number of hydrogen-bond acceptors (Lipinski definition) is 3. The number of carbonyl (C=O) groups is 2. The van der Waals surface area contributed by atoms with Gasteiger partial charge in [0.1, 0.15) is 0 Å². The number of rotatable bonds is 8. The van der Waals surface area contributed by atoms with E-state index in [0.717, 1.165) is 18.9 Å². The Morgan fingerprint density at radius 3 is 2.44 bits per heavy atom. The Bertz CT molecular complexity index is 250. The summed E-state index contributed by atoms with van der Waals surface area (Å²) in [6.45, 7) is 1.03. The van der Waals surface area contributed by atoms with Crippen molar-refractivity contribution in [3.63, 3.8) is 0 Å². The number of aliphatic carboxylic acids is 2. The molecule has 0 spiro atoms. The molecule has 0 amide bonds. The third-order valence-electron chi connectivity index (χ3n) is 3.12. The van der Waals surface area contributed by atoms with Gasteiger partial charge in [-0.3, -0.25) is 9.59 Å². The summed E-state index contributed by atoms with van der Waals surface area (Å²) in [7, 11) is 0. The zero-order chi connectivity index (χ0) is 12.0. The van der Waals surface area contributed by atoms with Crippen LogP contribution in [0.25, 0.3) is 0 Å². The molecule has 0 saturated heterocycles. The summed E-state index contributed by atoms with van der Waals surface area (Å²) in [4.78, 5) is 21.1. The van der Waals surface area contributed by atoms with Gasteiger partial charge >= 0.3 is 11.9 Å². The maximum atomic E-state index is 10.7. The molecular formula is C11H19NO4. The highest BCUT2D eigenvalue weighted by atomic mass is 16.4. The maximum absolute atomic E-state index is 10.7. The van der Waals surface area contributed by atoms with Crippen molar-refractivity contribution in [1.29, 1.82) is 0 Å². The molecule has 0 aromatic carbocycles. The maximum Gasteiger partial charge on any atom is 0.308 e. The molecule has 1 fully saturated rings. The van der Waals surface area contributed by atoms with Gasteiger partial charge in [-0.05, 0) is 18.9 Å². The minimum absolute atomic E-state index is 0.244. The zero-order valence-electron chi connectivity index (χ0n) is 9.32. The highest BCUT2D eigenvalue weighted by molar-refractivity contribution is 5.77. The molecule has 0 radical (unpaired) electrons. The van der Waals surface area contributed by atoms with Crippen LogP contribution in [0.2, 0.25) is 0 Å². The predicted molar refractivity (Wildman–Crippen MR) is 58.2 cm³/mol. The van der Waals surface area contributed by atoms with Gasteiger partial charge in [-0.15, -0.1) is 0 Å². The van der Waals surface area contributed by atoms with Crippen LogP contribution in [0.15, 0.2) is 0 Å². The van der Waals surface area contributed by atoms with E-state index in [1.54, 1.807) is 0 Å². The lowest BCUT2D eigenvalue weighted by atomic mass is 9.83. The average Bonchev–Trinajstić information content (AvgIpc) is 2.11. The Morgan fingerprint density at radius 1 is 1.31 bits per heavy atom. The minimum Gasteiger partial charge on any atom is -0.481 e. The van der Waals surface area contributed by atoms with Crippen molar-refractivity contribution < 1.29 is 19.8 Å². The quantitative estimate of drug-likeness (QED) is 0.539. The first-order valence-electron chi connectivity index (χ1n) is 5.75. The molecule has 1 unspecified atom stereocenters. The molecule has 1 saturated carbocycles. The van der Waals surface area contributed by atoms with E-state index in [4.69, 9.17) is 10.2 Å². The van der Waals surface area contributed by atoms with E-state index in [1.807, 2.05) is 0 Å². The highest BCUT2D eigenvalue weighted by Gasteiger charge is 2.21. The SMILES string of the molecule is O=C(O)CC(CNCCC1CCC1)C(=O)O. The van der Waals surface area contributed by atoms with E-state index in [1.165, 1.54) is 19.3 Å². The summed E-state index contributed by atoms with van der Waals surface area (Å²) in [5.74, 6) is -2.14. The normalized spacial score (nSPS) is 17.8. The van der Waals surface area contributed by atoms with Crippen LogP contribution in [0.5, 0.6) is 0 Å². The van der Waals surface area contributed by atoms with Crippen LogP contribution >= 0.6 is 0 Å². The van der Waals surface area contributed by atoms with Crippen molar-refractivity contribution in [3.8, 4) is 0 Å². The molecule has 1 aliphatic carbocycles. The van der Waals surface area contributed by atoms with E-state index in [0.29, 0.717) is 0 Å². The average molecular weight is 229 g/mol. The van der Waals surface area contributed by atoms with Gasteiger partial charge < -0.3 is 15.5 Å². The lowest BCUT2D eigenvalue weighted by Gasteiger charge is -2.25. The molecule has 1 rings (SSSR count). The Kier molecular flexibility index (Phi) is 5.25. The van der Waals surface area contributed by atoms with Gasteiger partial charge in [0.15, 0.2) is 0 Å². The molecule has 3 N–H and O–H groups in total. The van der Waals surface area contributed by atoms with Crippen molar-refractivity contribution in [1.82, 2.24) is 5.32 Å². The highest BCUT2D eigenvalue weighted by Crippen LogP contribution is 2.28. The molecule has 1 aliphatic rings. The van der Waals surface area contributed by atoms with E-state index in [9.17, 15) is 9.59 Å². The summed E-state index contributed by atoms with van der Waals surface area (Å²) in [5.41, 5.74) is 0. The van der Waals surface area contributed by atoms with E-state index < -0.39 is 17.9 Å². The lowest BCUT2D eigenvalue weighted by Crippen LogP contribution is -2.32. The van der Waals surface area contributed by atoms with Gasteiger partial charge in [0.25, 0.3) is 0 Å². The monoisotopic (exact) mass is 229 g/mol. The van der Waals surface area contributed by atoms with Crippen molar-refractivity contribution in [2.24, 2.45) is 11.8 Å². The van der Waals surface area contributed by atoms with Crippen LogP contribution in [0, 0.1) is 11.8 Å². The van der Waals surface area contributed by atoms with E-state index in [-0.39, 0.29) is 13.0 Å². The van der Waals surface area contributed by atoms with Crippen LogP contribution in [-0.4, -0.2) is 35.2 Å². The number of hydrogen-bond donors (Lipinski definition) is 3. The fourth-order valence-corrected chi connectivity index (χ4v) is 1.82. The Morgan fingerprint density at radius 2 is 2.00 bits per heavy atom. The van der Waals surface area contributed by atoms with Gasteiger partial charge in [-0.2, -0.15) is 0 Å². The Balaban J connectivity index is 2.11. The van der Waals surface area contributed by atoms with Crippen LogP contribution in [0.1, 0.15) is 32.1 Å². The summed E-state index contributed by atoms with van der Waals surface area (Å²) in [6, 6.07) is 0. The summed E-state index contributed by atoms with van der Waals surface area (Å²) in [5, 5.41) is 20.3. The molecule has 0 aromatic rings. The largest absolute Gasteiger partial charge is 0.481 e. The van der Waals surface area contributed by atoms with Gasteiger partial charge in [-0.1, -0.05) is 19.3 Å². The summed E-state index contributed by atoms with van der Waals surface area (Å²) < 4.78 is 0. The second kappa shape index (κ2) is 6.48. The lowest BCUT2D eigenvalue weighted by molar-refractivity contribution is -0.148. The van der Waals surface area contributed by atoms with Crippen LogP contribution in [0.4, 0.5) is 0 Å². The summed E-state index contributed by atoms with van der Waals surface area (Å²) >= 11 is 0. The van der Waals surface area contributed by atoms with Gasteiger partial charge in [0, 0.05) is 6.54 Å². The van der Waals surface area contributed by atoms with Gasteiger partial charge in [0.2, 0.25) is 0 Å². The van der Waals surface area contributed by atoms with E-state index >= 15 is 0 Å². The van der Waals surface area contributed by atoms with Crippen LogP contribution in [-0.2, 0) is 9.59 Å². The fourth-order valence-electron chi connectivity index (χ4n) is 1.82. The first-order chi connectivity index (χ1) is 7.59. The molecule has 5 heteroatoms. The number of nitrogens with one attached hydrogen (secondary N) is 1. The summed E-state index contributed by atoms with van der Waals surface area (Å²) in [6.07, 6.45) is 4.62. The van der Waals surface area contributed by atoms with Crippen molar-refractivity contribution >= 4 is 11.9 Å². The molecule has 0 bridgehead atoms. The third kappa shape index (κ3) is 4.61. The second-order valence-electron chi connectivity index (χ2n) is 4.42. The first-order valence-corrected chi connectivity index (χ1v) is 5.75. The third-order valence-corrected chi connectivity index (χ3v) is 3.12. The standard InChI is InChI=1S/C11H19NO4/c13-10(14)6-9(11(15)16)7-12-5-4-8-2-1-3-8/h8-9,12H,1-7H2,(H,13,14)(H,15,16). The van der Waals surface area contributed by atoms with Crippen molar-refractivity contribution in [2.75, 3.05) is 13.1 Å². The smallest absolute Gasteiger partial charge is 0.308 e. The van der Waals surface area contributed by atoms with Crippen LogP contribution < -0.4 is 5.32 Å². The van der Waals surface area contributed by atoms with Gasteiger partial charge in [-0.25, -0.2) is 0 Å². The predicted octanol–water partition coefficient (Wildman–Crippen LogP) is 0.942. The molecular weight excluding hydrogens is 210 g/mol. The van der Waals surface area contributed by atoms with Gasteiger partial charge in [0.05, 0.1) is 12.3 Å². The zero-order valence-corrected chi connectivity index (χ0v) is 9.32. The van der Waals surface area contributed by atoms with Crippen LogP contribution in [0.3, 0.4) is 0 Å². The topological polar surface area (TPSA) is 86.6 Å². The molecule has 0 heterocycles. The Labute approximate surface area is 94.8 Å². The molecule has 1 atom stereocenters. The minimum atomic E-state index is -1.06. The molecule has 16 heavy (non-hydrogen) atoms. The molecule has 0 aromatic heterocycles. The molecule has 0 aliphatic heterocycles. The second-order valence-corrected chi connectivity index (χ2v) is 4.42. The fraction of sp³-hybridized carbons (Fsp3) is 0.818.